The lowest BCUT2D eigenvalue weighted by Gasteiger charge is -2.11. The number of rotatable bonds is 6. The van der Waals surface area contributed by atoms with Gasteiger partial charge in [0.2, 0.25) is 10.0 Å². The molecule has 8 heteroatoms. The van der Waals surface area contributed by atoms with E-state index in [1.165, 1.54) is 13.3 Å². The van der Waals surface area contributed by atoms with Gasteiger partial charge >= 0.3 is 0 Å². The molecular weight excluding hydrogens is 294 g/mol. The number of aromatic amines is 1. The van der Waals surface area contributed by atoms with Crippen molar-refractivity contribution in [3.8, 4) is 11.5 Å². The van der Waals surface area contributed by atoms with Crippen molar-refractivity contribution in [1.82, 2.24) is 14.9 Å². The Balaban J connectivity index is 2.18. The highest BCUT2D eigenvalue weighted by atomic mass is 32.2. The molecule has 0 saturated heterocycles. The zero-order valence-electron chi connectivity index (χ0n) is 12.0. The average Bonchev–Trinajstić information content (AvgIpc) is 2.92. The zero-order chi connectivity index (χ0) is 15.5. The first-order valence-corrected chi connectivity index (χ1v) is 7.67. The molecule has 2 rings (SSSR count). The average molecular weight is 311 g/mol. The summed E-state index contributed by atoms with van der Waals surface area (Å²) in [5, 5.41) is 6.31. The predicted octanol–water partition coefficient (Wildman–Crippen LogP) is 1.21. The van der Waals surface area contributed by atoms with Gasteiger partial charge in [-0.15, -0.1) is 0 Å². The predicted molar refractivity (Wildman–Crippen MR) is 76.9 cm³/mol. The molecule has 0 bridgehead atoms. The van der Waals surface area contributed by atoms with Crippen molar-refractivity contribution < 1.29 is 17.9 Å². The second kappa shape index (κ2) is 6.15. The number of aromatic nitrogens is 2. The normalized spacial score (nSPS) is 11.4. The van der Waals surface area contributed by atoms with Crippen LogP contribution < -0.4 is 14.2 Å². The third-order valence-corrected chi connectivity index (χ3v) is 4.54. The van der Waals surface area contributed by atoms with Gasteiger partial charge in [0.25, 0.3) is 0 Å². The zero-order valence-corrected chi connectivity index (χ0v) is 12.8. The number of aryl methyl sites for hydroxylation is 1. The smallest absolute Gasteiger partial charge is 0.244 e. The maximum atomic E-state index is 12.2. The molecule has 0 aliphatic heterocycles. The number of methoxy groups -OCH3 is 2. The minimum atomic E-state index is -3.62. The first kappa shape index (κ1) is 15.3. The van der Waals surface area contributed by atoms with Crippen LogP contribution in [0.5, 0.6) is 11.5 Å². The van der Waals surface area contributed by atoms with Gasteiger partial charge in [0.15, 0.2) is 0 Å². The molecule has 1 aromatic heterocycles. The Bertz CT molecular complexity index is 725. The standard InChI is InChI=1S/C13H17N3O4S/c1-9-13(8-14-16-9)21(17,18)15-7-10-4-5-11(19-2)6-12(10)20-3/h4-6,8,15H,7H2,1-3H3,(H,14,16). The Morgan fingerprint density at radius 3 is 2.62 bits per heavy atom. The van der Waals surface area contributed by atoms with E-state index in [0.29, 0.717) is 22.8 Å². The molecule has 0 radical (unpaired) electrons. The third kappa shape index (κ3) is 3.34. The molecule has 0 aliphatic rings. The summed E-state index contributed by atoms with van der Waals surface area (Å²) in [6, 6.07) is 5.20. The van der Waals surface area contributed by atoms with Crippen molar-refractivity contribution in [2.45, 2.75) is 18.4 Å². The van der Waals surface area contributed by atoms with Gasteiger partial charge in [-0.3, -0.25) is 5.10 Å². The molecule has 0 saturated carbocycles. The Hall–Kier alpha value is -2.06. The molecule has 0 unspecified atom stereocenters. The van der Waals surface area contributed by atoms with Crippen LogP contribution in [0.1, 0.15) is 11.3 Å². The van der Waals surface area contributed by atoms with Crippen molar-refractivity contribution in [2.24, 2.45) is 0 Å². The number of sulfonamides is 1. The van der Waals surface area contributed by atoms with Gasteiger partial charge in [-0.2, -0.15) is 5.10 Å². The Morgan fingerprint density at radius 2 is 2.05 bits per heavy atom. The summed E-state index contributed by atoms with van der Waals surface area (Å²) in [7, 11) is -0.542. The fourth-order valence-corrected chi connectivity index (χ4v) is 3.00. The third-order valence-electron chi connectivity index (χ3n) is 3.02. The van der Waals surface area contributed by atoms with Gasteiger partial charge in [0.1, 0.15) is 16.4 Å². The molecule has 0 amide bonds. The van der Waals surface area contributed by atoms with E-state index in [0.717, 1.165) is 0 Å². The van der Waals surface area contributed by atoms with E-state index in [9.17, 15) is 8.42 Å². The van der Waals surface area contributed by atoms with Crippen LogP contribution >= 0.6 is 0 Å². The molecule has 2 aromatic rings. The number of nitrogens with zero attached hydrogens (tertiary/aromatic N) is 1. The van der Waals surface area contributed by atoms with Gasteiger partial charge < -0.3 is 9.47 Å². The number of hydrogen-bond donors (Lipinski definition) is 2. The quantitative estimate of drug-likeness (QED) is 0.836. The fourth-order valence-electron chi connectivity index (χ4n) is 1.86. The van der Waals surface area contributed by atoms with Crippen molar-refractivity contribution in [1.29, 1.82) is 0 Å². The molecule has 0 spiro atoms. The largest absolute Gasteiger partial charge is 0.497 e. The number of H-pyrrole nitrogens is 1. The molecule has 0 atom stereocenters. The lowest BCUT2D eigenvalue weighted by molar-refractivity contribution is 0.390. The summed E-state index contributed by atoms with van der Waals surface area (Å²) < 4.78 is 37.2. The summed E-state index contributed by atoms with van der Waals surface area (Å²) in [5.74, 6) is 1.20. The molecule has 1 heterocycles. The van der Waals surface area contributed by atoms with Crippen molar-refractivity contribution in [3.05, 3.63) is 35.7 Å². The van der Waals surface area contributed by atoms with Crippen LogP contribution in [0.3, 0.4) is 0 Å². The molecular formula is C13H17N3O4S. The number of benzene rings is 1. The second-order valence-electron chi connectivity index (χ2n) is 4.36. The summed E-state index contributed by atoms with van der Waals surface area (Å²) in [5.41, 5.74) is 1.20. The maximum Gasteiger partial charge on any atom is 0.244 e. The Morgan fingerprint density at radius 1 is 1.29 bits per heavy atom. The second-order valence-corrected chi connectivity index (χ2v) is 6.10. The lowest BCUT2D eigenvalue weighted by atomic mass is 10.2. The van der Waals surface area contributed by atoms with Crippen LogP contribution in [-0.4, -0.2) is 32.8 Å². The summed E-state index contributed by atoms with van der Waals surface area (Å²) in [6.07, 6.45) is 1.28. The van der Waals surface area contributed by atoms with Gasteiger partial charge in [-0.25, -0.2) is 13.1 Å². The van der Waals surface area contributed by atoms with E-state index < -0.39 is 10.0 Å². The van der Waals surface area contributed by atoms with Gasteiger partial charge in [-0.05, 0) is 13.0 Å². The van der Waals surface area contributed by atoms with E-state index in [-0.39, 0.29) is 11.4 Å². The van der Waals surface area contributed by atoms with Crippen molar-refractivity contribution >= 4 is 10.0 Å². The van der Waals surface area contributed by atoms with Gasteiger partial charge in [0.05, 0.1) is 26.1 Å². The van der Waals surface area contributed by atoms with E-state index in [2.05, 4.69) is 14.9 Å². The fraction of sp³-hybridized carbons (Fsp3) is 0.308. The number of ether oxygens (including phenoxy) is 2. The minimum Gasteiger partial charge on any atom is -0.497 e. The van der Waals surface area contributed by atoms with Crippen LogP contribution in [0.2, 0.25) is 0 Å². The summed E-state index contributed by atoms with van der Waals surface area (Å²) in [4.78, 5) is 0.134. The number of nitrogens with one attached hydrogen (secondary N) is 2. The van der Waals surface area contributed by atoms with Crippen LogP contribution in [-0.2, 0) is 16.6 Å². The molecule has 21 heavy (non-hydrogen) atoms. The highest BCUT2D eigenvalue weighted by Gasteiger charge is 2.19. The monoisotopic (exact) mass is 311 g/mol. The lowest BCUT2D eigenvalue weighted by Crippen LogP contribution is -2.23. The van der Waals surface area contributed by atoms with E-state index in [4.69, 9.17) is 9.47 Å². The highest BCUT2D eigenvalue weighted by molar-refractivity contribution is 7.89. The highest BCUT2D eigenvalue weighted by Crippen LogP contribution is 2.24. The SMILES string of the molecule is COc1ccc(CNS(=O)(=O)c2cn[nH]c2C)c(OC)c1. The van der Waals surface area contributed by atoms with E-state index in [1.54, 1.807) is 32.2 Å². The van der Waals surface area contributed by atoms with Crippen molar-refractivity contribution in [3.63, 3.8) is 0 Å². The minimum absolute atomic E-state index is 0.111. The maximum absolute atomic E-state index is 12.2. The van der Waals surface area contributed by atoms with Crippen LogP contribution in [0.15, 0.2) is 29.3 Å². The Labute approximate surface area is 123 Å². The van der Waals surface area contributed by atoms with Crippen molar-refractivity contribution in [2.75, 3.05) is 14.2 Å². The topological polar surface area (TPSA) is 93.3 Å². The van der Waals surface area contributed by atoms with E-state index in [1.807, 2.05) is 0 Å². The molecule has 1 aromatic carbocycles. The molecule has 0 fully saturated rings. The van der Waals surface area contributed by atoms with Crippen LogP contribution in [0.4, 0.5) is 0 Å². The number of hydrogen-bond acceptors (Lipinski definition) is 5. The van der Waals surface area contributed by atoms with Crippen LogP contribution in [0, 0.1) is 6.92 Å². The molecule has 7 nitrogen and oxygen atoms in total. The van der Waals surface area contributed by atoms with E-state index >= 15 is 0 Å². The first-order valence-electron chi connectivity index (χ1n) is 6.18. The van der Waals surface area contributed by atoms with Gasteiger partial charge in [0, 0.05) is 18.2 Å². The van der Waals surface area contributed by atoms with Crippen LogP contribution in [0.25, 0.3) is 0 Å². The Kier molecular flexibility index (Phi) is 4.49. The molecule has 2 N–H and O–H groups in total. The molecule has 0 aliphatic carbocycles. The summed E-state index contributed by atoms with van der Waals surface area (Å²) >= 11 is 0. The first-order chi connectivity index (χ1) is 9.97. The summed E-state index contributed by atoms with van der Waals surface area (Å²) in [6.45, 7) is 1.76. The van der Waals surface area contributed by atoms with Gasteiger partial charge in [-0.1, -0.05) is 6.07 Å². The molecule has 114 valence electrons.